The molecule has 1 heterocycles. The molecule has 16 heavy (non-hydrogen) atoms. The van der Waals surface area contributed by atoms with Crippen LogP contribution in [0.2, 0.25) is 0 Å². The van der Waals surface area contributed by atoms with Crippen molar-refractivity contribution in [2.75, 3.05) is 13.1 Å². The summed E-state index contributed by atoms with van der Waals surface area (Å²) in [5, 5.41) is 9.63. The topological polar surface area (TPSA) is 90.2 Å². The first-order chi connectivity index (χ1) is 7.28. The summed E-state index contributed by atoms with van der Waals surface area (Å²) in [6.07, 6.45) is 0.0109. The summed E-state index contributed by atoms with van der Waals surface area (Å²) >= 11 is 0. The van der Waals surface area contributed by atoms with E-state index in [0.29, 0.717) is 25.9 Å². The van der Waals surface area contributed by atoms with E-state index >= 15 is 0 Å². The van der Waals surface area contributed by atoms with E-state index in [1.807, 2.05) is 18.7 Å². The lowest BCUT2D eigenvalue weighted by Crippen LogP contribution is -2.39. The molecule has 1 rings (SSSR count). The van der Waals surface area contributed by atoms with Crippen LogP contribution < -0.4 is 0 Å². The molecule has 0 aromatic carbocycles. The molecule has 1 fully saturated rings. The van der Waals surface area contributed by atoms with Crippen LogP contribution in [0, 0.1) is 0 Å². The van der Waals surface area contributed by atoms with Gasteiger partial charge in [0.25, 0.3) is 0 Å². The number of likely N-dealkylation sites (tertiary alicyclic amines) is 1. The summed E-state index contributed by atoms with van der Waals surface area (Å²) in [5.74, 6) is 0. The third-order valence-electron chi connectivity index (χ3n) is 2.72. The second-order valence-electron chi connectivity index (χ2n) is 4.50. The van der Waals surface area contributed by atoms with Crippen LogP contribution in [-0.4, -0.2) is 51.1 Å². The number of phosphoric acid groups is 1. The molecule has 0 amide bonds. The molecule has 0 aliphatic carbocycles. The number of nitrogens with zero attached hydrogens (tertiary/aromatic N) is 1. The van der Waals surface area contributed by atoms with Gasteiger partial charge in [0.2, 0.25) is 0 Å². The standard InChI is InChI=1S/C9H20NO5P/c1-7(2)10-5-8(11)3-4-9(6-10)15-16(12,13)14/h7-9,11H,3-6H2,1-2H3,(H2,12,13,14)/t8-,9+/m1/s1. The fourth-order valence-corrected chi connectivity index (χ4v) is 2.43. The zero-order valence-corrected chi connectivity index (χ0v) is 10.5. The molecule has 0 bridgehead atoms. The molecule has 2 atom stereocenters. The average molecular weight is 253 g/mol. The highest BCUT2D eigenvalue weighted by Crippen LogP contribution is 2.39. The molecule has 0 saturated carbocycles. The lowest BCUT2D eigenvalue weighted by Gasteiger charge is -2.28. The van der Waals surface area contributed by atoms with E-state index in [0.717, 1.165) is 0 Å². The van der Waals surface area contributed by atoms with Crippen molar-refractivity contribution in [2.24, 2.45) is 0 Å². The van der Waals surface area contributed by atoms with Gasteiger partial charge < -0.3 is 14.9 Å². The van der Waals surface area contributed by atoms with Gasteiger partial charge >= 0.3 is 7.82 Å². The van der Waals surface area contributed by atoms with Gasteiger partial charge in [0.15, 0.2) is 0 Å². The van der Waals surface area contributed by atoms with E-state index in [9.17, 15) is 9.67 Å². The third-order valence-corrected chi connectivity index (χ3v) is 3.29. The molecule has 7 heteroatoms. The van der Waals surface area contributed by atoms with Crippen molar-refractivity contribution in [3.63, 3.8) is 0 Å². The van der Waals surface area contributed by atoms with Gasteiger partial charge in [0, 0.05) is 19.1 Å². The zero-order chi connectivity index (χ0) is 12.3. The van der Waals surface area contributed by atoms with Gasteiger partial charge in [-0.3, -0.25) is 9.42 Å². The summed E-state index contributed by atoms with van der Waals surface area (Å²) in [7, 11) is -4.44. The summed E-state index contributed by atoms with van der Waals surface area (Å²) in [6, 6.07) is 0.218. The van der Waals surface area contributed by atoms with Crippen LogP contribution >= 0.6 is 7.82 Å². The monoisotopic (exact) mass is 253 g/mol. The molecule has 96 valence electrons. The molecular formula is C9H20NO5P. The van der Waals surface area contributed by atoms with Crippen LogP contribution in [0.15, 0.2) is 0 Å². The highest BCUT2D eigenvalue weighted by molar-refractivity contribution is 7.46. The van der Waals surface area contributed by atoms with E-state index in [1.54, 1.807) is 0 Å². The molecule has 0 unspecified atom stereocenters. The summed E-state index contributed by atoms with van der Waals surface area (Å²) < 4.78 is 15.5. The Balaban J connectivity index is 2.62. The number of aliphatic hydroxyl groups excluding tert-OH is 1. The second-order valence-corrected chi connectivity index (χ2v) is 5.69. The Morgan fingerprint density at radius 1 is 1.31 bits per heavy atom. The van der Waals surface area contributed by atoms with Gasteiger partial charge in [-0.1, -0.05) is 0 Å². The third kappa shape index (κ3) is 4.91. The van der Waals surface area contributed by atoms with E-state index in [-0.39, 0.29) is 6.04 Å². The van der Waals surface area contributed by atoms with Crippen molar-refractivity contribution < 1.29 is 24.0 Å². The Labute approximate surface area is 95.5 Å². The van der Waals surface area contributed by atoms with Crippen LogP contribution in [0.5, 0.6) is 0 Å². The lowest BCUT2D eigenvalue weighted by atomic mass is 10.1. The summed E-state index contributed by atoms with van der Waals surface area (Å²) in [5.41, 5.74) is 0. The fourth-order valence-electron chi connectivity index (χ4n) is 1.87. The molecule has 1 saturated heterocycles. The van der Waals surface area contributed by atoms with E-state index < -0.39 is 20.0 Å². The first-order valence-corrected chi connectivity index (χ1v) is 6.97. The Morgan fingerprint density at radius 2 is 1.94 bits per heavy atom. The van der Waals surface area contributed by atoms with Gasteiger partial charge in [-0.15, -0.1) is 0 Å². The Bertz CT molecular complexity index is 267. The average Bonchev–Trinajstić information content (AvgIpc) is 2.26. The molecule has 1 aliphatic rings. The highest BCUT2D eigenvalue weighted by Gasteiger charge is 2.29. The minimum atomic E-state index is -4.44. The fraction of sp³-hybridized carbons (Fsp3) is 1.00. The number of phosphoric ester groups is 1. The molecule has 6 nitrogen and oxygen atoms in total. The lowest BCUT2D eigenvalue weighted by molar-refractivity contribution is 0.0803. The molecule has 1 aliphatic heterocycles. The maximum atomic E-state index is 10.8. The number of hydrogen-bond acceptors (Lipinski definition) is 4. The molecule has 3 N–H and O–H groups in total. The van der Waals surface area contributed by atoms with E-state index in [1.165, 1.54) is 0 Å². The Morgan fingerprint density at radius 3 is 2.44 bits per heavy atom. The molecular weight excluding hydrogens is 233 g/mol. The number of β-amino-alcohol motifs (C(OH)–C–C–N with tert-alkyl or cyclic N) is 1. The number of rotatable bonds is 3. The van der Waals surface area contributed by atoms with Crippen LogP contribution in [0.4, 0.5) is 0 Å². The van der Waals surface area contributed by atoms with Gasteiger partial charge in [0.1, 0.15) is 0 Å². The van der Waals surface area contributed by atoms with Gasteiger partial charge in [0.05, 0.1) is 12.2 Å². The minimum absolute atomic E-state index is 0.218. The van der Waals surface area contributed by atoms with Crippen LogP contribution in [0.25, 0.3) is 0 Å². The Kier molecular flexibility index (Phi) is 4.91. The van der Waals surface area contributed by atoms with Crippen molar-refractivity contribution in [3.05, 3.63) is 0 Å². The normalized spacial score (nSPS) is 29.4. The van der Waals surface area contributed by atoms with Crippen molar-refractivity contribution in [3.8, 4) is 0 Å². The summed E-state index contributed by atoms with van der Waals surface area (Å²) in [4.78, 5) is 19.5. The van der Waals surface area contributed by atoms with Crippen molar-refractivity contribution in [1.29, 1.82) is 0 Å². The predicted octanol–water partition coefficient (Wildman–Crippen LogP) is 0.329. The molecule has 0 aromatic heterocycles. The molecule has 0 aromatic rings. The Hall–Kier alpha value is 0.0300. The van der Waals surface area contributed by atoms with Crippen LogP contribution in [-0.2, 0) is 9.09 Å². The molecule has 0 spiro atoms. The smallest absolute Gasteiger partial charge is 0.392 e. The molecule has 0 radical (unpaired) electrons. The number of aliphatic hydroxyl groups is 1. The van der Waals surface area contributed by atoms with Crippen LogP contribution in [0.3, 0.4) is 0 Å². The minimum Gasteiger partial charge on any atom is -0.392 e. The maximum absolute atomic E-state index is 10.8. The van der Waals surface area contributed by atoms with Gasteiger partial charge in [-0.25, -0.2) is 4.57 Å². The van der Waals surface area contributed by atoms with Crippen molar-refractivity contribution in [1.82, 2.24) is 4.90 Å². The van der Waals surface area contributed by atoms with Crippen LogP contribution in [0.1, 0.15) is 26.7 Å². The van der Waals surface area contributed by atoms with Crippen molar-refractivity contribution in [2.45, 2.75) is 44.9 Å². The first-order valence-electron chi connectivity index (χ1n) is 5.44. The van der Waals surface area contributed by atoms with Crippen molar-refractivity contribution >= 4 is 7.82 Å². The zero-order valence-electron chi connectivity index (χ0n) is 9.61. The van der Waals surface area contributed by atoms with E-state index in [4.69, 9.17) is 14.3 Å². The maximum Gasteiger partial charge on any atom is 0.469 e. The number of hydrogen-bond donors (Lipinski definition) is 3. The SMILES string of the molecule is CC(C)N1C[C@H](O)CC[C@H](OP(=O)(O)O)C1. The largest absolute Gasteiger partial charge is 0.469 e. The van der Waals surface area contributed by atoms with E-state index in [2.05, 4.69) is 0 Å². The first kappa shape index (κ1) is 14.1. The summed E-state index contributed by atoms with van der Waals surface area (Å²) in [6.45, 7) is 4.93. The van der Waals surface area contributed by atoms with Gasteiger partial charge in [-0.2, -0.15) is 0 Å². The highest BCUT2D eigenvalue weighted by atomic mass is 31.2. The predicted molar refractivity (Wildman–Crippen MR) is 58.9 cm³/mol. The van der Waals surface area contributed by atoms with Gasteiger partial charge in [-0.05, 0) is 26.7 Å². The quantitative estimate of drug-likeness (QED) is 0.628. The second kappa shape index (κ2) is 5.58.